The van der Waals surface area contributed by atoms with Crippen LogP contribution in [0.15, 0.2) is 12.1 Å². The van der Waals surface area contributed by atoms with Gasteiger partial charge >= 0.3 is 0 Å². The number of phenolic OH excluding ortho intramolecular Hbond substituents is 2. The lowest BCUT2D eigenvalue weighted by molar-refractivity contribution is -0.312. The second-order valence-corrected chi connectivity index (χ2v) is 6.83. The van der Waals surface area contributed by atoms with E-state index in [2.05, 4.69) is 0 Å². The first-order valence-corrected chi connectivity index (χ1v) is 8.32. The van der Waals surface area contributed by atoms with E-state index in [1.54, 1.807) is 6.07 Å². The number of rotatable bonds is 3. The predicted molar refractivity (Wildman–Crippen MR) is 85.1 cm³/mol. The summed E-state index contributed by atoms with van der Waals surface area (Å²) in [6, 6.07) is 2.86. The van der Waals surface area contributed by atoms with Crippen LogP contribution in [0.2, 0.25) is 0 Å². The smallest absolute Gasteiger partial charge is 0.186 e. The Morgan fingerprint density at radius 3 is 2.52 bits per heavy atom. The largest absolute Gasteiger partial charge is 0.508 e. The minimum Gasteiger partial charge on any atom is -0.508 e. The van der Waals surface area contributed by atoms with E-state index < -0.39 is 37.3 Å². The highest BCUT2D eigenvalue weighted by Crippen LogP contribution is 2.41. The fourth-order valence-electron chi connectivity index (χ4n) is 3.73. The normalized spacial score (nSPS) is 38.4. The standard InChI is InChI=1S/C17H24O8/c1-7-2-10(4-8-3-9(19)5-11(20)13(7)8)24-17-16(23)15(22)14(21)12(6-18)25-17/h3,5,7,10,12,14-23H,2,4,6H2,1H3/t7-,10-,12+,14+,15-,16+,17-/m1/s1. The zero-order valence-electron chi connectivity index (χ0n) is 13.8. The summed E-state index contributed by atoms with van der Waals surface area (Å²) in [6.07, 6.45) is -6.05. The van der Waals surface area contributed by atoms with Gasteiger partial charge in [-0.05, 0) is 30.4 Å². The molecule has 0 unspecified atom stereocenters. The number of ether oxygens (including phenoxy) is 2. The number of hydrogen-bond donors (Lipinski definition) is 6. The van der Waals surface area contributed by atoms with Crippen molar-refractivity contribution in [3.8, 4) is 11.5 Å². The Kier molecular flexibility index (Phi) is 5.19. The van der Waals surface area contributed by atoms with Gasteiger partial charge in [-0.2, -0.15) is 0 Å². The number of hydrogen-bond acceptors (Lipinski definition) is 8. The van der Waals surface area contributed by atoms with Crippen LogP contribution >= 0.6 is 0 Å². The van der Waals surface area contributed by atoms with E-state index in [9.17, 15) is 30.6 Å². The molecule has 6 N–H and O–H groups in total. The molecule has 0 saturated carbocycles. The zero-order valence-corrected chi connectivity index (χ0v) is 13.8. The first kappa shape index (κ1) is 18.4. The zero-order chi connectivity index (χ0) is 18.3. The minimum atomic E-state index is -1.49. The molecule has 1 aromatic rings. The molecular weight excluding hydrogens is 332 g/mol. The van der Waals surface area contributed by atoms with Crippen LogP contribution in [0.25, 0.3) is 0 Å². The molecule has 2 aliphatic rings. The Bertz CT molecular complexity index is 619. The molecule has 1 aliphatic carbocycles. The molecule has 25 heavy (non-hydrogen) atoms. The van der Waals surface area contributed by atoms with Crippen molar-refractivity contribution in [2.75, 3.05) is 6.61 Å². The molecule has 0 radical (unpaired) electrons. The maximum absolute atomic E-state index is 10.1. The van der Waals surface area contributed by atoms with Crippen molar-refractivity contribution >= 4 is 0 Å². The number of benzene rings is 1. The second kappa shape index (κ2) is 7.06. The molecule has 3 rings (SSSR count). The first-order valence-electron chi connectivity index (χ1n) is 8.32. The summed E-state index contributed by atoms with van der Waals surface area (Å²) in [6.45, 7) is 1.40. The van der Waals surface area contributed by atoms with Gasteiger partial charge in [0.15, 0.2) is 6.29 Å². The molecule has 1 heterocycles. The molecule has 0 amide bonds. The molecule has 0 bridgehead atoms. The van der Waals surface area contributed by atoms with E-state index in [0.29, 0.717) is 12.8 Å². The minimum absolute atomic E-state index is 0.0359. The summed E-state index contributed by atoms with van der Waals surface area (Å²) in [5.74, 6) is -0.0510. The van der Waals surface area contributed by atoms with Crippen molar-refractivity contribution in [3.63, 3.8) is 0 Å². The van der Waals surface area contributed by atoms with Crippen LogP contribution in [-0.2, 0) is 15.9 Å². The van der Waals surface area contributed by atoms with Crippen LogP contribution in [0, 0.1) is 0 Å². The van der Waals surface area contributed by atoms with E-state index in [-0.39, 0.29) is 23.5 Å². The molecule has 140 valence electrons. The fraction of sp³-hybridized carbons (Fsp3) is 0.647. The molecule has 1 aliphatic heterocycles. The van der Waals surface area contributed by atoms with Crippen LogP contribution in [0.3, 0.4) is 0 Å². The summed E-state index contributed by atoms with van der Waals surface area (Å²) in [5.41, 5.74) is 1.50. The maximum atomic E-state index is 10.1. The van der Waals surface area contributed by atoms with E-state index in [0.717, 1.165) is 11.1 Å². The van der Waals surface area contributed by atoms with Crippen LogP contribution in [0.5, 0.6) is 11.5 Å². The van der Waals surface area contributed by atoms with Gasteiger partial charge in [0.25, 0.3) is 0 Å². The van der Waals surface area contributed by atoms with Crippen LogP contribution in [0.4, 0.5) is 0 Å². The Morgan fingerprint density at radius 1 is 1.12 bits per heavy atom. The Morgan fingerprint density at radius 2 is 1.84 bits per heavy atom. The number of phenols is 2. The molecule has 1 saturated heterocycles. The molecule has 0 aromatic heterocycles. The third kappa shape index (κ3) is 3.46. The third-order valence-electron chi connectivity index (χ3n) is 4.96. The molecule has 1 fully saturated rings. The van der Waals surface area contributed by atoms with Gasteiger partial charge in [-0.15, -0.1) is 0 Å². The van der Waals surface area contributed by atoms with Gasteiger partial charge < -0.3 is 40.1 Å². The van der Waals surface area contributed by atoms with Gasteiger partial charge in [0.1, 0.15) is 35.9 Å². The van der Waals surface area contributed by atoms with Gasteiger partial charge in [-0.3, -0.25) is 0 Å². The molecular formula is C17H24O8. The summed E-state index contributed by atoms with van der Waals surface area (Å²) >= 11 is 0. The van der Waals surface area contributed by atoms with Crippen LogP contribution < -0.4 is 0 Å². The van der Waals surface area contributed by atoms with E-state index >= 15 is 0 Å². The number of aliphatic hydroxyl groups excluding tert-OH is 4. The molecule has 7 atom stereocenters. The molecule has 0 spiro atoms. The molecule has 8 heteroatoms. The number of fused-ring (bicyclic) bond motifs is 1. The highest BCUT2D eigenvalue weighted by molar-refractivity contribution is 5.48. The monoisotopic (exact) mass is 356 g/mol. The quantitative estimate of drug-likeness (QED) is 0.419. The van der Waals surface area contributed by atoms with Crippen molar-refractivity contribution in [2.24, 2.45) is 0 Å². The van der Waals surface area contributed by atoms with Crippen molar-refractivity contribution in [1.82, 2.24) is 0 Å². The van der Waals surface area contributed by atoms with Crippen molar-refractivity contribution in [3.05, 3.63) is 23.3 Å². The van der Waals surface area contributed by atoms with E-state index in [1.165, 1.54) is 6.07 Å². The third-order valence-corrected chi connectivity index (χ3v) is 4.96. The van der Waals surface area contributed by atoms with E-state index in [4.69, 9.17) is 9.47 Å². The van der Waals surface area contributed by atoms with Crippen molar-refractivity contribution in [1.29, 1.82) is 0 Å². The maximum Gasteiger partial charge on any atom is 0.186 e. The topological polar surface area (TPSA) is 140 Å². The van der Waals surface area contributed by atoms with Crippen LogP contribution in [-0.4, -0.2) is 74.1 Å². The Labute approximate surface area is 144 Å². The van der Waals surface area contributed by atoms with Crippen LogP contribution in [0.1, 0.15) is 30.4 Å². The second-order valence-electron chi connectivity index (χ2n) is 6.83. The van der Waals surface area contributed by atoms with Crippen molar-refractivity contribution in [2.45, 2.75) is 62.5 Å². The Hall–Kier alpha value is -1.42. The number of aromatic hydroxyl groups is 2. The SMILES string of the molecule is C[C@@H]1C[C@@H](O[C@@H]2O[C@@H](CO)[C@H](O)[C@@H](O)[C@@H]2O)Cc2cc(O)cc(O)c21. The average molecular weight is 356 g/mol. The van der Waals surface area contributed by atoms with Gasteiger partial charge in [-0.1, -0.05) is 6.92 Å². The lowest BCUT2D eigenvalue weighted by Crippen LogP contribution is -2.59. The van der Waals surface area contributed by atoms with Gasteiger partial charge in [-0.25, -0.2) is 0 Å². The fourth-order valence-corrected chi connectivity index (χ4v) is 3.73. The number of aliphatic hydroxyl groups is 4. The van der Waals surface area contributed by atoms with Gasteiger partial charge in [0, 0.05) is 11.6 Å². The highest BCUT2D eigenvalue weighted by atomic mass is 16.7. The lowest BCUT2D eigenvalue weighted by atomic mass is 9.81. The average Bonchev–Trinajstić information content (AvgIpc) is 2.54. The summed E-state index contributed by atoms with van der Waals surface area (Å²) < 4.78 is 11.2. The van der Waals surface area contributed by atoms with Gasteiger partial charge in [0.05, 0.1) is 12.7 Å². The Balaban J connectivity index is 1.75. The summed E-state index contributed by atoms with van der Waals surface area (Å²) in [4.78, 5) is 0. The lowest BCUT2D eigenvalue weighted by Gasteiger charge is -2.42. The first-order chi connectivity index (χ1) is 11.8. The van der Waals surface area contributed by atoms with E-state index in [1.807, 2.05) is 6.92 Å². The highest BCUT2D eigenvalue weighted by Gasteiger charge is 2.45. The summed E-state index contributed by atoms with van der Waals surface area (Å²) in [5, 5.41) is 58.7. The van der Waals surface area contributed by atoms with Crippen molar-refractivity contribution < 1.29 is 40.1 Å². The predicted octanol–water partition coefficient (Wildman–Crippen LogP) is -0.667. The molecule has 1 aromatic carbocycles. The summed E-state index contributed by atoms with van der Waals surface area (Å²) in [7, 11) is 0. The van der Waals surface area contributed by atoms with Gasteiger partial charge in [0.2, 0.25) is 0 Å². The molecule has 8 nitrogen and oxygen atoms in total.